The van der Waals surface area contributed by atoms with Gasteiger partial charge in [0.05, 0.1) is 12.3 Å². The fourth-order valence-corrected chi connectivity index (χ4v) is 2.43. The van der Waals surface area contributed by atoms with Crippen molar-refractivity contribution in [1.29, 1.82) is 0 Å². The smallest absolute Gasteiger partial charge is 0.271 e. The van der Waals surface area contributed by atoms with Gasteiger partial charge in [0.1, 0.15) is 5.75 Å². The summed E-state index contributed by atoms with van der Waals surface area (Å²) in [5, 5.41) is 7.77. The zero-order valence-electron chi connectivity index (χ0n) is 13.0. The first-order valence-corrected chi connectivity index (χ1v) is 7.72. The van der Waals surface area contributed by atoms with Gasteiger partial charge in [-0.15, -0.1) is 0 Å². The molecule has 0 saturated heterocycles. The average molecular weight is 299 g/mol. The molecule has 0 amide bonds. The molecule has 116 valence electrons. The van der Waals surface area contributed by atoms with Crippen LogP contribution in [0, 0.1) is 0 Å². The summed E-state index contributed by atoms with van der Waals surface area (Å²) in [6.45, 7) is 3.14. The van der Waals surface area contributed by atoms with Crippen LogP contribution >= 0.6 is 0 Å². The first-order valence-electron chi connectivity index (χ1n) is 7.72. The number of rotatable bonds is 6. The summed E-state index contributed by atoms with van der Waals surface area (Å²) in [5.74, 6) is 0.789. The number of ether oxygens (including phenoxy) is 1. The van der Waals surface area contributed by atoms with Crippen LogP contribution in [0.4, 0.5) is 0 Å². The lowest BCUT2D eigenvalue weighted by Gasteiger charge is -2.12. The number of hydrogen-bond donors (Lipinski definition) is 1. The molecular weight excluding hydrogens is 278 g/mol. The third kappa shape index (κ3) is 3.20. The van der Waals surface area contributed by atoms with Gasteiger partial charge in [-0.1, -0.05) is 12.1 Å². The van der Waals surface area contributed by atoms with Crippen molar-refractivity contribution >= 4 is 0 Å². The Hall–Kier alpha value is -2.14. The minimum absolute atomic E-state index is 0.0502. The van der Waals surface area contributed by atoms with Gasteiger partial charge in [0.25, 0.3) is 5.56 Å². The van der Waals surface area contributed by atoms with Crippen LogP contribution in [-0.2, 0) is 13.6 Å². The van der Waals surface area contributed by atoms with Crippen molar-refractivity contribution in [2.24, 2.45) is 7.05 Å². The van der Waals surface area contributed by atoms with Crippen LogP contribution in [0.15, 0.2) is 35.1 Å². The predicted octanol–water partition coefficient (Wildman–Crippen LogP) is 2.10. The van der Waals surface area contributed by atoms with Crippen LogP contribution in [0.5, 0.6) is 5.75 Å². The fraction of sp³-hybridized carbons (Fsp3) is 0.412. The number of aryl methyl sites for hydroxylation is 1. The summed E-state index contributed by atoms with van der Waals surface area (Å²) in [4.78, 5) is 12.2. The Bertz CT molecular complexity index is 720. The lowest BCUT2D eigenvalue weighted by Crippen LogP contribution is -2.28. The van der Waals surface area contributed by atoms with Gasteiger partial charge in [0.2, 0.25) is 0 Å². The largest absolute Gasteiger partial charge is 0.493 e. The van der Waals surface area contributed by atoms with Gasteiger partial charge in [-0.25, -0.2) is 4.68 Å². The molecule has 0 radical (unpaired) electrons. The maximum absolute atomic E-state index is 12.2. The standard InChI is InChI=1S/C17H21N3O2/c1-3-22-16-7-5-4-6-14(16)15-10-12(11-18-13-8-9-13)17(21)20(2)19-15/h4-7,10,13,18H,3,8-9,11H2,1-2H3. The molecule has 5 heteroatoms. The topological polar surface area (TPSA) is 56.1 Å². The minimum atomic E-state index is -0.0502. The Kier molecular flexibility index (Phi) is 4.24. The molecule has 22 heavy (non-hydrogen) atoms. The Labute approximate surface area is 129 Å². The number of nitrogens with one attached hydrogen (secondary N) is 1. The molecule has 1 N–H and O–H groups in total. The Morgan fingerprint density at radius 3 is 2.86 bits per heavy atom. The summed E-state index contributed by atoms with van der Waals surface area (Å²) < 4.78 is 7.07. The molecule has 0 bridgehead atoms. The van der Waals surface area contributed by atoms with Crippen molar-refractivity contribution < 1.29 is 4.74 Å². The lowest BCUT2D eigenvalue weighted by molar-refractivity contribution is 0.341. The monoisotopic (exact) mass is 299 g/mol. The summed E-state index contributed by atoms with van der Waals surface area (Å²) in [5.41, 5.74) is 2.36. The maximum atomic E-state index is 12.2. The number of nitrogens with zero attached hydrogens (tertiary/aromatic N) is 2. The van der Waals surface area contributed by atoms with Crippen LogP contribution in [0.3, 0.4) is 0 Å². The molecule has 0 spiro atoms. The second-order valence-electron chi connectivity index (χ2n) is 5.57. The van der Waals surface area contributed by atoms with Crippen molar-refractivity contribution in [2.45, 2.75) is 32.4 Å². The molecule has 1 aromatic carbocycles. The van der Waals surface area contributed by atoms with Crippen LogP contribution in [0.25, 0.3) is 11.3 Å². The summed E-state index contributed by atoms with van der Waals surface area (Å²) >= 11 is 0. The van der Waals surface area contributed by atoms with Crippen molar-refractivity contribution in [2.75, 3.05) is 6.61 Å². The molecular formula is C17H21N3O2. The van der Waals surface area contributed by atoms with E-state index in [1.54, 1.807) is 7.05 Å². The highest BCUT2D eigenvalue weighted by Crippen LogP contribution is 2.28. The predicted molar refractivity (Wildman–Crippen MR) is 85.9 cm³/mol. The molecule has 1 heterocycles. The van der Waals surface area contributed by atoms with Crippen LogP contribution in [0.1, 0.15) is 25.3 Å². The van der Waals surface area contributed by atoms with Gasteiger partial charge in [-0.2, -0.15) is 5.10 Å². The second-order valence-corrected chi connectivity index (χ2v) is 5.57. The highest BCUT2D eigenvalue weighted by molar-refractivity contribution is 5.67. The van der Waals surface area contributed by atoms with E-state index in [9.17, 15) is 4.79 Å². The first kappa shape index (κ1) is 14.8. The molecule has 1 saturated carbocycles. The van der Waals surface area contributed by atoms with Crippen LogP contribution in [-0.4, -0.2) is 22.4 Å². The highest BCUT2D eigenvalue weighted by Gasteiger charge is 2.21. The average Bonchev–Trinajstić information content (AvgIpc) is 3.34. The van der Waals surface area contributed by atoms with Crippen LogP contribution < -0.4 is 15.6 Å². The number of aromatic nitrogens is 2. The molecule has 2 aromatic rings. The van der Waals surface area contributed by atoms with Crippen molar-refractivity contribution in [3.63, 3.8) is 0 Å². The third-order valence-electron chi connectivity index (χ3n) is 3.76. The zero-order chi connectivity index (χ0) is 15.5. The third-order valence-corrected chi connectivity index (χ3v) is 3.76. The van der Waals surface area contributed by atoms with Crippen molar-refractivity contribution in [3.8, 4) is 17.0 Å². The normalized spacial score (nSPS) is 14.1. The van der Waals surface area contributed by atoms with Gasteiger partial charge in [-0.05, 0) is 38.0 Å². The number of benzene rings is 1. The minimum Gasteiger partial charge on any atom is -0.493 e. The summed E-state index contributed by atoms with van der Waals surface area (Å²) in [7, 11) is 1.69. The van der Waals surface area contributed by atoms with Gasteiger partial charge in [0, 0.05) is 30.8 Å². The lowest BCUT2D eigenvalue weighted by atomic mass is 10.1. The zero-order valence-corrected chi connectivity index (χ0v) is 13.0. The maximum Gasteiger partial charge on any atom is 0.271 e. The van der Waals surface area contributed by atoms with Crippen LogP contribution in [0.2, 0.25) is 0 Å². The van der Waals surface area contributed by atoms with Gasteiger partial charge in [-0.3, -0.25) is 4.79 Å². The van der Waals surface area contributed by atoms with E-state index >= 15 is 0 Å². The molecule has 1 fully saturated rings. The molecule has 0 unspecified atom stereocenters. The molecule has 3 rings (SSSR count). The van der Waals surface area contributed by atoms with Crippen molar-refractivity contribution in [3.05, 3.63) is 46.2 Å². The van der Waals surface area contributed by atoms with E-state index in [0.29, 0.717) is 19.2 Å². The van der Waals surface area contributed by atoms with E-state index in [1.165, 1.54) is 17.5 Å². The molecule has 1 aromatic heterocycles. The Balaban J connectivity index is 1.97. The van der Waals surface area contributed by atoms with E-state index in [4.69, 9.17) is 4.74 Å². The molecule has 0 aliphatic heterocycles. The van der Waals surface area contributed by atoms with E-state index in [2.05, 4.69) is 10.4 Å². The van der Waals surface area contributed by atoms with Gasteiger partial charge in [0.15, 0.2) is 0 Å². The van der Waals surface area contributed by atoms with E-state index in [1.807, 2.05) is 37.3 Å². The quantitative estimate of drug-likeness (QED) is 0.887. The summed E-state index contributed by atoms with van der Waals surface area (Å²) in [6.07, 6.45) is 2.40. The Morgan fingerprint density at radius 1 is 1.36 bits per heavy atom. The molecule has 0 atom stereocenters. The number of para-hydroxylation sites is 1. The van der Waals surface area contributed by atoms with E-state index in [0.717, 1.165) is 22.6 Å². The Morgan fingerprint density at radius 2 is 2.14 bits per heavy atom. The van der Waals surface area contributed by atoms with Crippen molar-refractivity contribution in [1.82, 2.24) is 15.1 Å². The highest BCUT2D eigenvalue weighted by atomic mass is 16.5. The summed E-state index contributed by atoms with van der Waals surface area (Å²) in [6, 6.07) is 10.2. The number of hydrogen-bond acceptors (Lipinski definition) is 4. The molecule has 1 aliphatic carbocycles. The van der Waals surface area contributed by atoms with E-state index < -0.39 is 0 Å². The second kappa shape index (κ2) is 6.32. The van der Waals surface area contributed by atoms with Gasteiger partial charge < -0.3 is 10.1 Å². The fourth-order valence-electron chi connectivity index (χ4n) is 2.43. The molecule has 1 aliphatic rings. The van der Waals surface area contributed by atoms with Gasteiger partial charge >= 0.3 is 0 Å². The SMILES string of the molecule is CCOc1ccccc1-c1cc(CNC2CC2)c(=O)n(C)n1. The molecule has 5 nitrogen and oxygen atoms in total. The first-order chi connectivity index (χ1) is 10.7. The van der Waals surface area contributed by atoms with E-state index in [-0.39, 0.29) is 5.56 Å².